The summed E-state index contributed by atoms with van der Waals surface area (Å²) in [6.07, 6.45) is 3.58. The Kier molecular flexibility index (Phi) is 4.55. The zero-order valence-corrected chi connectivity index (χ0v) is 11.8. The van der Waals surface area contributed by atoms with Gasteiger partial charge in [-0.25, -0.2) is 9.97 Å². The molecule has 19 heavy (non-hydrogen) atoms. The van der Waals surface area contributed by atoms with Gasteiger partial charge in [0, 0.05) is 13.0 Å². The first kappa shape index (κ1) is 14.0. The lowest BCUT2D eigenvalue weighted by Crippen LogP contribution is -2.02. The van der Waals surface area contributed by atoms with E-state index in [1.165, 1.54) is 7.11 Å². The van der Waals surface area contributed by atoms with Crippen LogP contribution >= 0.6 is 23.2 Å². The van der Waals surface area contributed by atoms with Crippen LogP contribution in [0.25, 0.3) is 11.2 Å². The zero-order chi connectivity index (χ0) is 13.8. The van der Waals surface area contributed by atoms with Gasteiger partial charge in [-0.2, -0.15) is 4.98 Å². The molecule has 0 saturated heterocycles. The number of unbranched alkanes of at least 4 members (excludes halogenated alkanes) is 1. The number of rotatable bonds is 5. The van der Waals surface area contributed by atoms with Crippen LogP contribution in [0.15, 0.2) is 6.33 Å². The number of fused-ring (bicyclic) bond motifs is 1. The summed E-state index contributed by atoms with van der Waals surface area (Å²) >= 11 is 11.7. The van der Waals surface area contributed by atoms with E-state index in [0.717, 1.165) is 12.8 Å². The fraction of sp³-hybridized carbons (Fsp3) is 0.455. The van der Waals surface area contributed by atoms with Crippen LogP contribution in [0.2, 0.25) is 10.4 Å². The predicted octanol–water partition coefficient (Wildman–Crippen LogP) is 2.48. The Morgan fingerprint density at radius 2 is 2.16 bits per heavy atom. The van der Waals surface area contributed by atoms with Crippen LogP contribution in [0.1, 0.15) is 19.3 Å². The SMILES string of the molecule is COC(=O)CCCCn1cnc2nc(Cl)nc(Cl)c21. The number of aryl methyl sites for hydroxylation is 1. The van der Waals surface area contributed by atoms with Gasteiger partial charge < -0.3 is 9.30 Å². The molecule has 0 aliphatic rings. The molecule has 2 heterocycles. The van der Waals surface area contributed by atoms with Gasteiger partial charge in [0.25, 0.3) is 0 Å². The molecule has 0 atom stereocenters. The number of ether oxygens (including phenoxy) is 1. The fourth-order valence-corrected chi connectivity index (χ4v) is 2.21. The summed E-state index contributed by atoms with van der Waals surface area (Å²) in [7, 11) is 1.38. The van der Waals surface area contributed by atoms with Gasteiger partial charge >= 0.3 is 5.97 Å². The summed E-state index contributed by atoms with van der Waals surface area (Å²) in [5, 5.41) is 0.355. The summed E-state index contributed by atoms with van der Waals surface area (Å²) in [4.78, 5) is 23.0. The molecule has 0 saturated carbocycles. The van der Waals surface area contributed by atoms with Crippen molar-refractivity contribution in [3.8, 4) is 0 Å². The Morgan fingerprint density at radius 1 is 1.37 bits per heavy atom. The van der Waals surface area contributed by atoms with E-state index in [9.17, 15) is 4.79 Å². The molecule has 0 spiro atoms. The molecule has 0 N–H and O–H groups in total. The Labute approximate surface area is 119 Å². The van der Waals surface area contributed by atoms with Gasteiger partial charge in [0.2, 0.25) is 5.28 Å². The maximum Gasteiger partial charge on any atom is 0.305 e. The van der Waals surface area contributed by atoms with Crippen LogP contribution < -0.4 is 0 Å². The first-order chi connectivity index (χ1) is 9.11. The molecule has 2 aromatic rings. The number of aromatic nitrogens is 4. The van der Waals surface area contributed by atoms with Crippen LogP contribution in [0.3, 0.4) is 0 Å². The van der Waals surface area contributed by atoms with E-state index in [1.54, 1.807) is 6.33 Å². The molecule has 8 heteroatoms. The molecule has 0 unspecified atom stereocenters. The predicted molar refractivity (Wildman–Crippen MR) is 71.2 cm³/mol. The van der Waals surface area contributed by atoms with E-state index in [2.05, 4.69) is 19.7 Å². The van der Waals surface area contributed by atoms with E-state index in [4.69, 9.17) is 23.2 Å². The third-order valence-corrected chi connectivity index (χ3v) is 3.09. The molecular weight excluding hydrogens is 291 g/mol. The molecule has 0 aliphatic carbocycles. The third-order valence-electron chi connectivity index (χ3n) is 2.66. The number of hydrogen-bond acceptors (Lipinski definition) is 5. The Hall–Kier alpha value is -1.40. The zero-order valence-electron chi connectivity index (χ0n) is 10.3. The highest BCUT2D eigenvalue weighted by Crippen LogP contribution is 2.21. The summed E-state index contributed by atoms with van der Waals surface area (Å²) < 4.78 is 6.43. The smallest absolute Gasteiger partial charge is 0.305 e. The second-order valence-corrected chi connectivity index (χ2v) is 4.62. The Balaban J connectivity index is 2.03. The molecule has 0 radical (unpaired) electrons. The third kappa shape index (κ3) is 3.33. The van der Waals surface area contributed by atoms with Crippen LogP contribution in [0.5, 0.6) is 0 Å². The number of methoxy groups -OCH3 is 1. The normalized spacial score (nSPS) is 10.9. The maximum atomic E-state index is 11.0. The van der Waals surface area contributed by atoms with E-state index in [-0.39, 0.29) is 16.4 Å². The molecular formula is C11H12Cl2N4O2. The number of esters is 1. The van der Waals surface area contributed by atoms with Crippen LogP contribution in [-0.2, 0) is 16.1 Å². The topological polar surface area (TPSA) is 69.9 Å². The summed E-state index contributed by atoms with van der Waals surface area (Å²) in [6.45, 7) is 0.679. The average molecular weight is 303 g/mol. The van der Waals surface area contributed by atoms with Gasteiger partial charge in [-0.05, 0) is 24.4 Å². The first-order valence-corrected chi connectivity index (χ1v) is 6.48. The van der Waals surface area contributed by atoms with E-state index < -0.39 is 0 Å². The van der Waals surface area contributed by atoms with Gasteiger partial charge in [0.05, 0.1) is 13.4 Å². The van der Waals surface area contributed by atoms with Crippen molar-refractivity contribution in [1.82, 2.24) is 19.5 Å². The van der Waals surface area contributed by atoms with Gasteiger partial charge in [0.1, 0.15) is 5.52 Å². The second kappa shape index (κ2) is 6.16. The highest BCUT2D eigenvalue weighted by molar-refractivity contribution is 6.35. The minimum atomic E-state index is -0.205. The minimum Gasteiger partial charge on any atom is -0.469 e. The second-order valence-electron chi connectivity index (χ2n) is 3.93. The number of carbonyl (C=O) groups excluding carboxylic acids is 1. The van der Waals surface area contributed by atoms with Crippen molar-refractivity contribution in [3.05, 3.63) is 16.8 Å². The highest BCUT2D eigenvalue weighted by Gasteiger charge is 2.11. The quantitative estimate of drug-likeness (QED) is 0.367. The molecule has 0 fully saturated rings. The summed E-state index contributed by atoms with van der Waals surface area (Å²) in [5.41, 5.74) is 1.13. The van der Waals surface area contributed by atoms with Crippen molar-refractivity contribution < 1.29 is 9.53 Å². The lowest BCUT2D eigenvalue weighted by molar-refractivity contribution is -0.140. The van der Waals surface area contributed by atoms with Crippen molar-refractivity contribution in [2.45, 2.75) is 25.8 Å². The van der Waals surface area contributed by atoms with E-state index in [0.29, 0.717) is 24.1 Å². The van der Waals surface area contributed by atoms with Crippen LogP contribution in [0, 0.1) is 0 Å². The van der Waals surface area contributed by atoms with Gasteiger partial charge in [-0.15, -0.1) is 0 Å². The molecule has 2 rings (SSSR count). The molecule has 0 aromatic carbocycles. The Bertz CT molecular complexity index is 600. The van der Waals surface area contributed by atoms with Crippen molar-refractivity contribution in [2.24, 2.45) is 0 Å². The molecule has 2 aromatic heterocycles. The minimum absolute atomic E-state index is 0.0773. The standard InChI is InChI=1S/C11H12Cl2N4O2/c1-19-7(18)4-2-3-5-17-6-14-10-8(17)9(12)15-11(13)16-10/h6H,2-5H2,1H3. The lowest BCUT2D eigenvalue weighted by Gasteiger charge is -2.04. The maximum absolute atomic E-state index is 11.0. The van der Waals surface area contributed by atoms with E-state index in [1.807, 2.05) is 4.57 Å². The summed E-state index contributed by atoms with van der Waals surface area (Å²) in [5.74, 6) is -0.205. The lowest BCUT2D eigenvalue weighted by atomic mass is 10.2. The van der Waals surface area contributed by atoms with Crippen LogP contribution in [0.4, 0.5) is 0 Å². The average Bonchev–Trinajstić information content (AvgIpc) is 2.77. The van der Waals surface area contributed by atoms with Crippen molar-refractivity contribution in [2.75, 3.05) is 7.11 Å². The Morgan fingerprint density at radius 3 is 2.89 bits per heavy atom. The number of imidazole rings is 1. The molecule has 0 aliphatic heterocycles. The summed E-state index contributed by atoms with van der Waals surface area (Å²) in [6, 6.07) is 0. The van der Waals surface area contributed by atoms with E-state index >= 15 is 0 Å². The van der Waals surface area contributed by atoms with Gasteiger partial charge in [0.15, 0.2) is 10.8 Å². The first-order valence-electron chi connectivity index (χ1n) is 5.72. The monoisotopic (exact) mass is 302 g/mol. The number of halogens is 2. The van der Waals surface area contributed by atoms with Gasteiger partial charge in [-0.1, -0.05) is 11.6 Å². The fourth-order valence-electron chi connectivity index (χ4n) is 1.73. The van der Waals surface area contributed by atoms with Gasteiger partial charge in [-0.3, -0.25) is 4.79 Å². The van der Waals surface area contributed by atoms with Crippen molar-refractivity contribution in [3.63, 3.8) is 0 Å². The number of nitrogens with zero attached hydrogens (tertiary/aromatic N) is 4. The molecule has 0 bridgehead atoms. The molecule has 0 amide bonds. The van der Waals surface area contributed by atoms with Crippen molar-refractivity contribution in [1.29, 1.82) is 0 Å². The number of hydrogen-bond donors (Lipinski definition) is 0. The van der Waals surface area contributed by atoms with Crippen LogP contribution in [-0.4, -0.2) is 32.6 Å². The number of carbonyl (C=O) groups is 1. The molecule has 102 valence electrons. The van der Waals surface area contributed by atoms with Crippen molar-refractivity contribution >= 4 is 40.3 Å². The molecule has 6 nitrogen and oxygen atoms in total. The largest absolute Gasteiger partial charge is 0.469 e. The highest BCUT2D eigenvalue weighted by atomic mass is 35.5.